The van der Waals surface area contributed by atoms with Crippen LogP contribution in [0.15, 0.2) is 41.3 Å². The molecule has 0 atom stereocenters. The number of rotatable bonds is 6. The molecule has 5 heteroatoms. The van der Waals surface area contributed by atoms with Crippen molar-refractivity contribution in [1.82, 2.24) is 4.98 Å². The molecule has 136 valence electrons. The van der Waals surface area contributed by atoms with Crippen LogP contribution in [-0.4, -0.2) is 25.8 Å². The van der Waals surface area contributed by atoms with E-state index >= 15 is 0 Å². The van der Waals surface area contributed by atoms with Crippen LogP contribution in [0, 0.1) is 6.92 Å². The summed E-state index contributed by atoms with van der Waals surface area (Å²) < 4.78 is 16.5. The van der Waals surface area contributed by atoms with Gasteiger partial charge in [-0.3, -0.25) is 4.79 Å². The van der Waals surface area contributed by atoms with Gasteiger partial charge in [-0.05, 0) is 37.1 Å². The van der Waals surface area contributed by atoms with E-state index in [1.165, 1.54) is 0 Å². The maximum Gasteiger partial charge on any atom is 0.197 e. The van der Waals surface area contributed by atoms with E-state index in [-0.39, 0.29) is 5.43 Å². The van der Waals surface area contributed by atoms with Crippen molar-refractivity contribution in [3.8, 4) is 28.4 Å². The molecule has 0 saturated carbocycles. The summed E-state index contributed by atoms with van der Waals surface area (Å²) in [5, 5.41) is 0.633. The maximum atomic E-state index is 13.2. The number of methoxy groups -OCH3 is 2. The fourth-order valence-electron chi connectivity index (χ4n) is 3.02. The highest BCUT2D eigenvalue weighted by Gasteiger charge is 2.16. The molecule has 0 fully saturated rings. The van der Waals surface area contributed by atoms with Crippen molar-refractivity contribution in [2.75, 3.05) is 20.8 Å². The van der Waals surface area contributed by atoms with Crippen molar-refractivity contribution in [2.24, 2.45) is 0 Å². The van der Waals surface area contributed by atoms with E-state index in [9.17, 15) is 4.79 Å². The van der Waals surface area contributed by atoms with Gasteiger partial charge in [-0.25, -0.2) is 0 Å². The number of hydrogen-bond donors (Lipinski definition) is 1. The van der Waals surface area contributed by atoms with Gasteiger partial charge in [-0.15, -0.1) is 0 Å². The molecule has 0 saturated heterocycles. The standard InChI is InChI=1S/C21H23NO4/c1-5-10-26-17-9-6-13(2)19-20(17)22-12-16(21(19)23)15-8-7-14(24-3)11-18(15)25-4/h6-9,11-12H,5,10H2,1-4H3,(H,22,23). The van der Waals surface area contributed by atoms with Crippen LogP contribution >= 0.6 is 0 Å². The van der Waals surface area contributed by atoms with Gasteiger partial charge in [-0.1, -0.05) is 13.0 Å². The molecule has 26 heavy (non-hydrogen) atoms. The molecule has 0 bridgehead atoms. The third-order valence-corrected chi connectivity index (χ3v) is 4.37. The number of aromatic nitrogens is 1. The van der Waals surface area contributed by atoms with Crippen LogP contribution in [-0.2, 0) is 0 Å². The molecule has 5 nitrogen and oxygen atoms in total. The molecule has 0 aliphatic carbocycles. The average molecular weight is 353 g/mol. The van der Waals surface area contributed by atoms with Crippen LogP contribution in [0.25, 0.3) is 22.0 Å². The van der Waals surface area contributed by atoms with E-state index in [1.807, 2.05) is 38.1 Å². The zero-order valence-corrected chi connectivity index (χ0v) is 15.5. The number of H-pyrrole nitrogens is 1. The highest BCUT2D eigenvalue weighted by Crippen LogP contribution is 2.33. The number of pyridine rings is 1. The molecule has 0 radical (unpaired) electrons. The molecule has 2 aromatic carbocycles. The largest absolute Gasteiger partial charge is 0.497 e. The molecular weight excluding hydrogens is 330 g/mol. The van der Waals surface area contributed by atoms with Crippen LogP contribution in [0.3, 0.4) is 0 Å². The van der Waals surface area contributed by atoms with Gasteiger partial charge in [0.1, 0.15) is 17.2 Å². The second-order valence-corrected chi connectivity index (χ2v) is 6.08. The van der Waals surface area contributed by atoms with Gasteiger partial charge in [0.15, 0.2) is 5.43 Å². The quantitative estimate of drug-likeness (QED) is 0.717. The Morgan fingerprint density at radius 2 is 1.81 bits per heavy atom. The minimum Gasteiger partial charge on any atom is -0.497 e. The van der Waals surface area contributed by atoms with Crippen molar-refractivity contribution < 1.29 is 14.2 Å². The summed E-state index contributed by atoms with van der Waals surface area (Å²) in [7, 11) is 3.17. The Labute approximate surface area is 152 Å². The van der Waals surface area contributed by atoms with Crippen LogP contribution < -0.4 is 19.6 Å². The van der Waals surface area contributed by atoms with Crippen molar-refractivity contribution in [3.63, 3.8) is 0 Å². The smallest absolute Gasteiger partial charge is 0.197 e. The zero-order valence-electron chi connectivity index (χ0n) is 15.5. The predicted molar refractivity (Wildman–Crippen MR) is 104 cm³/mol. The molecule has 0 aliphatic rings. The van der Waals surface area contributed by atoms with E-state index in [4.69, 9.17) is 14.2 Å². The summed E-state index contributed by atoms with van der Waals surface area (Å²) in [4.78, 5) is 16.5. The first kappa shape index (κ1) is 17.9. The second kappa shape index (κ2) is 7.52. The Balaban J connectivity index is 2.22. The molecule has 0 unspecified atom stereocenters. The molecule has 1 heterocycles. The van der Waals surface area contributed by atoms with Gasteiger partial charge in [0, 0.05) is 23.4 Å². The Hall–Kier alpha value is -2.95. The molecule has 0 aliphatic heterocycles. The summed E-state index contributed by atoms with van der Waals surface area (Å²) in [6.07, 6.45) is 2.62. The Morgan fingerprint density at radius 3 is 2.50 bits per heavy atom. The lowest BCUT2D eigenvalue weighted by Gasteiger charge is -2.13. The lowest BCUT2D eigenvalue weighted by Crippen LogP contribution is -2.10. The summed E-state index contributed by atoms with van der Waals surface area (Å²) in [5.41, 5.74) is 2.84. The first-order valence-electron chi connectivity index (χ1n) is 8.60. The van der Waals surface area contributed by atoms with Crippen LogP contribution in [0.4, 0.5) is 0 Å². The molecular formula is C21H23NO4. The van der Waals surface area contributed by atoms with Crippen molar-refractivity contribution in [3.05, 3.63) is 52.3 Å². The predicted octanol–water partition coefficient (Wildman–Crippen LogP) is 4.31. The summed E-state index contributed by atoms with van der Waals surface area (Å²) in [6, 6.07) is 9.23. The third-order valence-electron chi connectivity index (χ3n) is 4.37. The average Bonchev–Trinajstić information content (AvgIpc) is 2.67. The monoisotopic (exact) mass is 353 g/mol. The SMILES string of the molecule is CCCOc1ccc(C)c2c(=O)c(-c3ccc(OC)cc3OC)c[nH]c12. The number of fused-ring (bicyclic) bond motifs is 1. The topological polar surface area (TPSA) is 60.6 Å². The normalized spacial score (nSPS) is 10.8. The highest BCUT2D eigenvalue weighted by atomic mass is 16.5. The highest BCUT2D eigenvalue weighted by molar-refractivity contribution is 5.91. The van der Waals surface area contributed by atoms with Crippen molar-refractivity contribution in [1.29, 1.82) is 0 Å². The van der Waals surface area contributed by atoms with E-state index in [2.05, 4.69) is 4.98 Å². The maximum absolute atomic E-state index is 13.2. The molecule has 0 spiro atoms. The van der Waals surface area contributed by atoms with E-state index in [0.717, 1.165) is 23.1 Å². The van der Waals surface area contributed by atoms with Gasteiger partial charge in [-0.2, -0.15) is 0 Å². The Morgan fingerprint density at radius 1 is 1.00 bits per heavy atom. The number of nitrogens with one attached hydrogen (secondary N) is 1. The van der Waals surface area contributed by atoms with E-state index in [0.29, 0.717) is 34.8 Å². The van der Waals surface area contributed by atoms with Gasteiger partial charge in [0.05, 0.1) is 31.7 Å². The lowest BCUT2D eigenvalue weighted by atomic mass is 10.0. The Kier molecular flexibility index (Phi) is 5.16. The van der Waals surface area contributed by atoms with Gasteiger partial charge in [0.2, 0.25) is 0 Å². The minimum atomic E-state index is -0.0540. The van der Waals surface area contributed by atoms with Crippen molar-refractivity contribution >= 4 is 10.9 Å². The van der Waals surface area contributed by atoms with E-state index in [1.54, 1.807) is 26.5 Å². The number of benzene rings is 2. The third kappa shape index (κ3) is 3.12. The van der Waals surface area contributed by atoms with Gasteiger partial charge >= 0.3 is 0 Å². The van der Waals surface area contributed by atoms with E-state index < -0.39 is 0 Å². The van der Waals surface area contributed by atoms with Crippen LogP contribution in [0.2, 0.25) is 0 Å². The summed E-state index contributed by atoms with van der Waals surface area (Å²) in [5.74, 6) is 1.96. The summed E-state index contributed by atoms with van der Waals surface area (Å²) >= 11 is 0. The fraction of sp³-hybridized carbons (Fsp3) is 0.286. The number of aromatic amines is 1. The van der Waals surface area contributed by atoms with Crippen molar-refractivity contribution in [2.45, 2.75) is 20.3 Å². The first-order valence-corrected chi connectivity index (χ1v) is 8.60. The molecule has 1 N–H and O–H groups in total. The second-order valence-electron chi connectivity index (χ2n) is 6.08. The first-order chi connectivity index (χ1) is 12.6. The Bertz CT molecular complexity index is 991. The number of ether oxygens (including phenoxy) is 3. The summed E-state index contributed by atoms with van der Waals surface area (Å²) in [6.45, 7) is 4.58. The minimum absolute atomic E-state index is 0.0540. The molecule has 0 amide bonds. The number of hydrogen-bond acceptors (Lipinski definition) is 4. The molecule has 1 aromatic heterocycles. The number of aryl methyl sites for hydroxylation is 1. The zero-order chi connectivity index (χ0) is 18.7. The van der Waals surface area contributed by atoms with Crippen LogP contribution in [0.1, 0.15) is 18.9 Å². The van der Waals surface area contributed by atoms with Crippen LogP contribution in [0.5, 0.6) is 17.2 Å². The van der Waals surface area contributed by atoms with Gasteiger partial charge in [0.25, 0.3) is 0 Å². The lowest BCUT2D eigenvalue weighted by molar-refractivity contribution is 0.320. The molecule has 3 rings (SSSR count). The fourth-order valence-corrected chi connectivity index (χ4v) is 3.02. The van der Waals surface area contributed by atoms with Gasteiger partial charge < -0.3 is 19.2 Å². The molecule has 3 aromatic rings.